The van der Waals surface area contributed by atoms with Crippen LogP contribution in [0.25, 0.3) is 0 Å². The smallest absolute Gasteiger partial charge is 0.271 e. The molecule has 0 amide bonds. The molecule has 25 heavy (non-hydrogen) atoms. The first-order valence-corrected chi connectivity index (χ1v) is 8.29. The zero-order valence-corrected chi connectivity index (χ0v) is 13.8. The Morgan fingerprint density at radius 3 is 2.60 bits per heavy atom. The topological polar surface area (TPSA) is 68.1 Å². The minimum atomic E-state index is -0.348. The molecule has 7 nitrogen and oxygen atoms in total. The molecule has 7 heteroatoms. The third-order valence-electron chi connectivity index (χ3n) is 4.62. The van der Waals surface area contributed by atoms with E-state index in [-0.39, 0.29) is 10.6 Å². The number of ether oxygens (including phenoxy) is 2. The van der Waals surface area contributed by atoms with Gasteiger partial charge < -0.3 is 14.4 Å². The van der Waals surface area contributed by atoms with Gasteiger partial charge in [0.25, 0.3) is 5.69 Å². The maximum Gasteiger partial charge on any atom is 0.271 e. The Bertz CT molecular complexity index is 788. The van der Waals surface area contributed by atoms with Gasteiger partial charge in [0.1, 0.15) is 0 Å². The van der Waals surface area contributed by atoms with Gasteiger partial charge in [0.15, 0.2) is 11.5 Å². The highest BCUT2D eigenvalue weighted by atomic mass is 16.7. The van der Waals surface area contributed by atoms with Crippen molar-refractivity contribution in [2.45, 2.75) is 6.54 Å². The highest BCUT2D eigenvalue weighted by Gasteiger charge is 2.20. The number of hydrogen-bond donors (Lipinski definition) is 0. The molecule has 4 rings (SSSR count). The van der Waals surface area contributed by atoms with Crippen LogP contribution in [0.15, 0.2) is 42.5 Å². The van der Waals surface area contributed by atoms with Gasteiger partial charge in [0.2, 0.25) is 6.79 Å². The molecule has 0 radical (unpaired) electrons. The molecule has 0 saturated carbocycles. The second kappa shape index (κ2) is 6.60. The van der Waals surface area contributed by atoms with Crippen LogP contribution >= 0.6 is 0 Å². The van der Waals surface area contributed by atoms with Crippen molar-refractivity contribution < 1.29 is 14.4 Å². The highest BCUT2D eigenvalue weighted by molar-refractivity contribution is 5.53. The Balaban J connectivity index is 1.37. The van der Waals surface area contributed by atoms with Gasteiger partial charge in [-0.3, -0.25) is 15.0 Å². The molecule has 0 N–H and O–H groups in total. The van der Waals surface area contributed by atoms with Crippen LogP contribution in [-0.4, -0.2) is 42.8 Å². The van der Waals surface area contributed by atoms with Gasteiger partial charge in [0, 0.05) is 50.5 Å². The summed E-state index contributed by atoms with van der Waals surface area (Å²) in [4.78, 5) is 15.2. The van der Waals surface area contributed by atoms with Crippen molar-refractivity contribution in [3.8, 4) is 11.5 Å². The van der Waals surface area contributed by atoms with Gasteiger partial charge in [-0.05, 0) is 23.8 Å². The fourth-order valence-corrected chi connectivity index (χ4v) is 3.26. The van der Waals surface area contributed by atoms with E-state index in [4.69, 9.17) is 9.47 Å². The number of nitro benzene ring substituents is 1. The molecule has 0 bridgehead atoms. The third-order valence-corrected chi connectivity index (χ3v) is 4.62. The fraction of sp³-hybridized carbons (Fsp3) is 0.333. The number of rotatable bonds is 4. The lowest BCUT2D eigenvalue weighted by molar-refractivity contribution is -0.384. The highest BCUT2D eigenvalue weighted by Crippen LogP contribution is 2.33. The lowest BCUT2D eigenvalue weighted by atomic mass is 10.1. The lowest BCUT2D eigenvalue weighted by Gasteiger charge is -2.36. The van der Waals surface area contributed by atoms with Gasteiger partial charge in [-0.25, -0.2) is 0 Å². The van der Waals surface area contributed by atoms with E-state index in [1.807, 2.05) is 18.2 Å². The number of nitrogens with zero attached hydrogens (tertiary/aromatic N) is 3. The van der Waals surface area contributed by atoms with Crippen molar-refractivity contribution >= 4 is 11.4 Å². The Morgan fingerprint density at radius 1 is 1.00 bits per heavy atom. The fourth-order valence-electron chi connectivity index (χ4n) is 3.26. The van der Waals surface area contributed by atoms with Crippen molar-refractivity contribution in [3.05, 3.63) is 58.1 Å². The Hall–Kier alpha value is -2.80. The zero-order chi connectivity index (χ0) is 17.2. The summed E-state index contributed by atoms with van der Waals surface area (Å²) in [7, 11) is 0. The molecule has 0 spiro atoms. The van der Waals surface area contributed by atoms with Crippen molar-refractivity contribution in [1.29, 1.82) is 0 Å². The van der Waals surface area contributed by atoms with Crippen molar-refractivity contribution in [1.82, 2.24) is 4.90 Å². The molecule has 2 aliphatic heterocycles. The van der Waals surface area contributed by atoms with E-state index in [2.05, 4.69) is 15.9 Å². The molecule has 2 aromatic carbocycles. The molecule has 2 aliphatic rings. The Kier molecular flexibility index (Phi) is 4.15. The molecule has 0 aliphatic carbocycles. The summed E-state index contributed by atoms with van der Waals surface area (Å²) in [6.07, 6.45) is 0. The quantitative estimate of drug-likeness (QED) is 0.629. The van der Waals surface area contributed by atoms with Crippen LogP contribution in [0.1, 0.15) is 5.56 Å². The van der Waals surface area contributed by atoms with Crippen LogP contribution in [0.3, 0.4) is 0 Å². The summed E-state index contributed by atoms with van der Waals surface area (Å²) in [5.41, 5.74) is 2.25. The number of nitro groups is 1. The standard InChI is InChI=1S/C18H19N3O4/c22-21(23)16-3-1-2-15(11-16)20-8-6-19(7-9-20)12-14-4-5-17-18(10-14)25-13-24-17/h1-5,10-11H,6-9,12-13H2. The van der Waals surface area contributed by atoms with E-state index in [9.17, 15) is 10.1 Å². The van der Waals surface area contributed by atoms with Gasteiger partial charge in [-0.2, -0.15) is 0 Å². The van der Waals surface area contributed by atoms with E-state index < -0.39 is 0 Å². The molecule has 0 aromatic heterocycles. The van der Waals surface area contributed by atoms with Crippen LogP contribution < -0.4 is 14.4 Å². The van der Waals surface area contributed by atoms with E-state index in [0.717, 1.165) is 49.9 Å². The molecule has 1 saturated heterocycles. The van der Waals surface area contributed by atoms with Crippen molar-refractivity contribution in [2.24, 2.45) is 0 Å². The minimum absolute atomic E-state index is 0.139. The molecule has 2 heterocycles. The largest absolute Gasteiger partial charge is 0.454 e. The molecule has 130 valence electrons. The molecular formula is C18H19N3O4. The lowest BCUT2D eigenvalue weighted by Crippen LogP contribution is -2.45. The first kappa shape index (κ1) is 15.7. The summed E-state index contributed by atoms with van der Waals surface area (Å²) in [6.45, 7) is 4.69. The van der Waals surface area contributed by atoms with E-state index in [0.29, 0.717) is 6.79 Å². The number of benzene rings is 2. The second-order valence-corrected chi connectivity index (χ2v) is 6.23. The number of hydrogen-bond acceptors (Lipinski definition) is 6. The average Bonchev–Trinajstić information content (AvgIpc) is 3.10. The first-order valence-electron chi connectivity index (χ1n) is 8.29. The van der Waals surface area contributed by atoms with Gasteiger partial charge in [0.05, 0.1) is 4.92 Å². The van der Waals surface area contributed by atoms with Crippen LogP contribution in [0.4, 0.5) is 11.4 Å². The van der Waals surface area contributed by atoms with Crippen molar-refractivity contribution in [2.75, 3.05) is 37.9 Å². The first-order chi connectivity index (χ1) is 12.2. The molecule has 2 aromatic rings. The Labute approximate surface area is 145 Å². The molecule has 0 unspecified atom stereocenters. The summed E-state index contributed by atoms with van der Waals surface area (Å²) >= 11 is 0. The van der Waals surface area contributed by atoms with Gasteiger partial charge >= 0.3 is 0 Å². The normalized spacial score (nSPS) is 16.9. The monoisotopic (exact) mass is 341 g/mol. The van der Waals surface area contributed by atoms with E-state index >= 15 is 0 Å². The maximum atomic E-state index is 10.9. The number of fused-ring (bicyclic) bond motifs is 1. The predicted octanol–water partition coefficient (Wildman–Crippen LogP) is 2.65. The third kappa shape index (κ3) is 3.36. The van der Waals surface area contributed by atoms with Crippen LogP contribution in [0.2, 0.25) is 0 Å². The van der Waals surface area contributed by atoms with E-state index in [1.54, 1.807) is 12.1 Å². The number of anilines is 1. The molecule has 1 fully saturated rings. The second-order valence-electron chi connectivity index (χ2n) is 6.23. The minimum Gasteiger partial charge on any atom is -0.454 e. The maximum absolute atomic E-state index is 10.9. The summed E-state index contributed by atoms with van der Waals surface area (Å²) in [6, 6.07) is 12.9. The summed E-state index contributed by atoms with van der Waals surface area (Å²) in [5, 5.41) is 10.9. The summed E-state index contributed by atoms with van der Waals surface area (Å²) < 4.78 is 10.8. The number of piperazine rings is 1. The average molecular weight is 341 g/mol. The Morgan fingerprint density at radius 2 is 1.80 bits per heavy atom. The van der Waals surface area contributed by atoms with Crippen LogP contribution in [0, 0.1) is 10.1 Å². The summed E-state index contributed by atoms with van der Waals surface area (Å²) in [5.74, 6) is 1.62. The zero-order valence-electron chi connectivity index (χ0n) is 13.8. The van der Waals surface area contributed by atoms with Gasteiger partial charge in [-0.15, -0.1) is 0 Å². The molecular weight excluding hydrogens is 322 g/mol. The predicted molar refractivity (Wildman–Crippen MR) is 93.2 cm³/mol. The van der Waals surface area contributed by atoms with Crippen molar-refractivity contribution in [3.63, 3.8) is 0 Å². The van der Waals surface area contributed by atoms with Gasteiger partial charge in [-0.1, -0.05) is 12.1 Å². The number of non-ortho nitro benzene ring substituents is 1. The molecule has 0 atom stereocenters. The van der Waals surface area contributed by atoms with Crippen LogP contribution in [0.5, 0.6) is 11.5 Å². The van der Waals surface area contributed by atoms with E-state index in [1.165, 1.54) is 11.6 Å². The SMILES string of the molecule is O=[N+]([O-])c1cccc(N2CCN(Cc3ccc4c(c3)OCO4)CC2)c1. The van der Waals surface area contributed by atoms with Crippen LogP contribution in [-0.2, 0) is 6.54 Å².